The first-order valence-corrected chi connectivity index (χ1v) is 16.0. The maximum absolute atomic E-state index is 13.2. The molecular formula is C32H32FN3O6S2. The predicted molar refractivity (Wildman–Crippen MR) is 170 cm³/mol. The third kappa shape index (κ3) is 9.12. The van der Waals surface area contributed by atoms with Crippen LogP contribution in [0, 0.1) is 15.9 Å². The Morgan fingerprint density at radius 1 is 0.955 bits per heavy atom. The van der Waals surface area contributed by atoms with Gasteiger partial charge in [-0.15, -0.1) is 11.8 Å². The van der Waals surface area contributed by atoms with Crippen molar-refractivity contribution in [2.45, 2.75) is 41.4 Å². The fourth-order valence-corrected chi connectivity index (χ4v) is 6.06. The van der Waals surface area contributed by atoms with Crippen molar-refractivity contribution in [3.8, 4) is 11.1 Å². The van der Waals surface area contributed by atoms with Crippen molar-refractivity contribution < 1.29 is 27.3 Å². The molecule has 9 nitrogen and oxygen atoms in total. The van der Waals surface area contributed by atoms with Gasteiger partial charge in [0.1, 0.15) is 11.5 Å². The molecule has 2 N–H and O–H groups in total. The number of nitro groups is 1. The Labute approximate surface area is 260 Å². The molecule has 0 aliphatic carbocycles. The zero-order valence-corrected chi connectivity index (χ0v) is 26.0. The molecular weight excluding hydrogens is 605 g/mol. The lowest BCUT2D eigenvalue weighted by Gasteiger charge is -2.25. The normalized spacial score (nSPS) is 12.4. The average Bonchev–Trinajstić information content (AvgIpc) is 2.98. The second-order valence-electron chi connectivity index (χ2n) is 10.8. The van der Waals surface area contributed by atoms with Crippen LogP contribution in [0.3, 0.4) is 0 Å². The number of carbonyl (C=O) groups excluding carboxylic acids is 1. The smallest absolute Gasteiger partial charge is 0.293 e. The number of anilines is 1. The zero-order chi connectivity index (χ0) is 31.9. The molecule has 1 amide bonds. The van der Waals surface area contributed by atoms with E-state index in [0.717, 1.165) is 16.5 Å². The van der Waals surface area contributed by atoms with Gasteiger partial charge >= 0.3 is 0 Å². The lowest BCUT2D eigenvalue weighted by atomic mass is 10.0. The number of nitrogens with zero attached hydrogens (tertiary/aromatic N) is 1. The number of rotatable bonds is 12. The van der Waals surface area contributed by atoms with Gasteiger partial charge in [0.2, 0.25) is 0 Å². The standard InChI is InChI=1S/C32H32FN3O6S2/c1-32(2,3)42-21-27(43-26-7-5-4-6-8-26)20-34-29-18-17-28(19-30(29)36(38)39)44(40,41)35-31(37)24-11-9-22(10-12-24)23-13-15-25(33)16-14-23/h4-19,27,34H,20-21H2,1-3H3,(H,35,37). The molecule has 0 saturated carbocycles. The number of nitrogens with one attached hydrogen (secondary N) is 2. The van der Waals surface area contributed by atoms with Crippen LogP contribution in [0.25, 0.3) is 11.1 Å². The van der Waals surface area contributed by atoms with Crippen molar-refractivity contribution >= 4 is 39.1 Å². The number of amides is 1. The van der Waals surface area contributed by atoms with Gasteiger partial charge in [-0.2, -0.15) is 0 Å². The maximum Gasteiger partial charge on any atom is 0.293 e. The van der Waals surface area contributed by atoms with Crippen molar-refractivity contribution in [1.29, 1.82) is 0 Å². The molecule has 0 aliphatic heterocycles. The number of ether oxygens (including phenoxy) is 1. The lowest BCUT2D eigenvalue weighted by Crippen LogP contribution is -2.30. The zero-order valence-electron chi connectivity index (χ0n) is 24.3. The number of thioether (sulfide) groups is 1. The van der Waals surface area contributed by atoms with Crippen molar-refractivity contribution in [1.82, 2.24) is 4.72 Å². The quantitative estimate of drug-likeness (QED) is 0.0975. The Balaban J connectivity index is 1.47. The fourth-order valence-electron chi connectivity index (χ4n) is 4.07. The Kier molecular flexibility index (Phi) is 10.4. The lowest BCUT2D eigenvalue weighted by molar-refractivity contribution is -0.384. The Morgan fingerprint density at radius 3 is 2.16 bits per heavy atom. The van der Waals surface area contributed by atoms with Gasteiger partial charge in [-0.05, 0) is 80.4 Å². The second kappa shape index (κ2) is 14.0. The van der Waals surface area contributed by atoms with Crippen LogP contribution in [0.2, 0.25) is 0 Å². The van der Waals surface area contributed by atoms with E-state index in [-0.39, 0.29) is 27.9 Å². The summed E-state index contributed by atoms with van der Waals surface area (Å²) in [6, 6.07) is 25.0. The van der Waals surface area contributed by atoms with Gasteiger partial charge in [-0.1, -0.05) is 42.5 Å². The molecule has 0 fully saturated rings. The minimum Gasteiger partial charge on any atom is -0.378 e. The summed E-state index contributed by atoms with van der Waals surface area (Å²) < 4.78 is 47.2. The molecule has 0 aromatic heterocycles. The Morgan fingerprint density at radius 2 is 1.57 bits per heavy atom. The molecule has 0 spiro atoms. The highest BCUT2D eigenvalue weighted by molar-refractivity contribution is 8.00. The summed E-state index contributed by atoms with van der Waals surface area (Å²) in [6.45, 7) is 6.49. The van der Waals surface area contributed by atoms with Crippen LogP contribution in [-0.4, -0.2) is 43.3 Å². The van der Waals surface area contributed by atoms with E-state index in [4.69, 9.17) is 4.74 Å². The van der Waals surface area contributed by atoms with Gasteiger partial charge in [0, 0.05) is 23.1 Å². The number of carbonyl (C=O) groups is 1. The summed E-state index contributed by atoms with van der Waals surface area (Å²) in [4.78, 5) is 24.6. The number of hydrogen-bond acceptors (Lipinski definition) is 8. The van der Waals surface area contributed by atoms with Crippen molar-refractivity contribution in [2.24, 2.45) is 0 Å². The fraction of sp³-hybridized carbons (Fsp3) is 0.219. The highest BCUT2D eigenvalue weighted by atomic mass is 32.2. The van der Waals surface area contributed by atoms with E-state index in [2.05, 4.69) is 5.32 Å². The molecule has 0 aliphatic rings. The highest BCUT2D eigenvalue weighted by Gasteiger charge is 2.25. The van der Waals surface area contributed by atoms with E-state index in [1.54, 1.807) is 36.0 Å². The first kappa shape index (κ1) is 32.6. The van der Waals surface area contributed by atoms with Crippen molar-refractivity contribution in [3.63, 3.8) is 0 Å². The minimum absolute atomic E-state index is 0.0617. The molecule has 230 valence electrons. The summed E-state index contributed by atoms with van der Waals surface area (Å²) in [7, 11) is -4.44. The summed E-state index contributed by atoms with van der Waals surface area (Å²) in [5.41, 5.74) is 0.783. The van der Waals surface area contributed by atoms with Crippen LogP contribution in [0.15, 0.2) is 107 Å². The SMILES string of the molecule is CC(C)(C)OCC(CNc1ccc(S(=O)(=O)NC(=O)c2ccc(-c3ccc(F)cc3)cc2)cc1[N+](=O)[O-])Sc1ccccc1. The second-order valence-corrected chi connectivity index (χ2v) is 13.9. The Bertz CT molecular complexity index is 1710. The minimum atomic E-state index is -4.44. The van der Waals surface area contributed by atoms with Crippen LogP contribution < -0.4 is 10.0 Å². The van der Waals surface area contributed by atoms with Gasteiger partial charge in [-0.3, -0.25) is 14.9 Å². The van der Waals surface area contributed by atoms with Crippen LogP contribution in [0.5, 0.6) is 0 Å². The molecule has 0 bridgehead atoms. The average molecular weight is 638 g/mol. The molecule has 44 heavy (non-hydrogen) atoms. The monoisotopic (exact) mass is 637 g/mol. The number of nitro benzene ring substituents is 1. The van der Waals surface area contributed by atoms with Crippen molar-refractivity contribution in [2.75, 3.05) is 18.5 Å². The first-order chi connectivity index (χ1) is 20.8. The third-order valence-corrected chi connectivity index (χ3v) is 8.81. The summed E-state index contributed by atoms with van der Waals surface area (Å²) in [5.74, 6) is -1.28. The number of benzene rings is 4. The largest absolute Gasteiger partial charge is 0.378 e. The van der Waals surface area contributed by atoms with E-state index >= 15 is 0 Å². The van der Waals surface area contributed by atoms with E-state index in [1.807, 2.05) is 55.8 Å². The van der Waals surface area contributed by atoms with Gasteiger partial charge in [0.25, 0.3) is 21.6 Å². The molecule has 1 atom stereocenters. The van der Waals surface area contributed by atoms with E-state index in [0.29, 0.717) is 18.7 Å². The van der Waals surface area contributed by atoms with E-state index < -0.39 is 31.4 Å². The molecule has 0 heterocycles. The molecule has 4 aromatic rings. The third-order valence-electron chi connectivity index (χ3n) is 6.30. The number of halogens is 1. The highest BCUT2D eigenvalue weighted by Crippen LogP contribution is 2.30. The summed E-state index contributed by atoms with van der Waals surface area (Å²) in [6.07, 6.45) is 0. The van der Waals surface area contributed by atoms with Gasteiger partial charge in [0.15, 0.2) is 0 Å². The maximum atomic E-state index is 13.2. The predicted octanol–water partition coefficient (Wildman–Crippen LogP) is 6.91. The van der Waals surface area contributed by atoms with E-state index in [1.165, 1.54) is 36.4 Å². The molecule has 0 radical (unpaired) electrons. The molecule has 4 rings (SSSR count). The van der Waals surface area contributed by atoms with Crippen LogP contribution in [-0.2, 0) is 14.8 Å². The van der Waals surface area contributed by atoms with Crippen LogP contribution in [0.1, 0.15) is 31.1 Å². The first-order valence-electron chi connectivity index (χ1n) is 13.6. The van der Waals surface area contributed by atoms with Gasteiger partial charge < -0.3 is 10.1 Å². The van der Waals surface area contributed by atoms with Crippen LogP contribution >= 0.6 is 11.8 Å². The number of sulfonamides is 1. The Hall–Kier alpha value is -4.26. The number of hydrogen-bond donors (Lipinski definition) is 2. The summed E-state index contributed by atoms with van der Waals surface area (Å²) >= 11 is 1.56. The summed E-state index contributed by atoms with van der Waals surface area (Å²) in [5, 5.41) is 14.9. The molecule has 4 aromatic carbocycles. The van der Waals surface area contributed by atoms with Gasteiger partial charge in [-0.25, -0.2) is 17.5 Å². The molecule has 1 unspecified atom stereocenters. The van der Waals surface area contributed by atoms with Crippen molar-refractivity contribution in [3.05, 3.63) is 119 Å². The molecule has 0 saturated heterocycles. The van der Waals surface area contributed by atoms with Crippen LogP contribution in [0.4, 0.5) is 15.8 Å². The topological polar surface area (TPSA) is 128 Å². The van der Waals surface area contributed by atoms with E-state index in [9.17, 15) is 27.7 Å². The van der Waals surface area contributed by atoms with Gasteiger partial charge in [0.05, 0.1) is 27.3 Å². The molecule has 12 heteroatoms.